The van der Waals surface area contributed by atoms with Gasteiger partial charge in [0.1, 0.15) is 11.1 Å². The van der Waals surface area contributed by atoms with Crippen molar-refractivity contribution in [2.75, 3.05) is 39.3 Å². The molecule has 41 heavy (non-hydrogen) atoms. The van der Waals surface area contributed by atoms with E-state index in [0.717, 1.165) is 11.1 Å². The van der Waals surface area contributed by atoms with Crippen molar-refractivity contribution in [1.82, 2.24) is 20.4 Å². The predicted octanol–water partition coefficient (Wildman–Crippen LogP) is 5.11. The Labute approximate surface area is 252 Å². The van der Waals surface area contributed by atoms with Gasteiger partial charge in [-0.2, -0.15) is 0 Å². The Hall–Kier alpha value is -2.65. The minimum atomic E-state index is -1.30. The Balaban J connectivity index is 1.55. The summed E-state index contributed by atoms with van der Waals surface area (Å²) in [5, 5.41) is 7.44. The van der Waals surface area contributed by atoms with E-state index in [-0.39, 0.29) is 36.9 Å². The van der Waals surface area contributed by atoms with Crippen LogP contribution >= 0.6 is 23.2 Å². The first-order chi connectivity index (χ1) is 19.3. The van der Waals surface area contributed by atoms with Crippen LogP contribution in [0.2, 0.25) is 10.0 Å². The van der Waals surface area contributed by atoms with Gasteiger partial charge in [-0.25, -0.2) is 4.79 Å². The molecule has 2 heterocycles. The van der Waals surface area contributed by atoms with Gasteiger partial charge in [-0.15, -0.1) is 0 Å². The standard InChI is InChI=1S/C31H40Cl2N4O4/c1-20-14-21(2)16-22(15-20)28(39)31(23-6-7-25(32)26(33)17-23)19-34-10-13-37(31)27(38)18-35-24-8-11-36(12-9-24)29(40)41-30(3,4)5/h6-7,14-17,24,34-35H,8-13,18-19H2,1-5H3. The fraction of sp³-hybridized carbons (Fsp3) is 0.516. The maximum atomic E-state index is 14.5. The van der Waals surface area contributed by atoms with Gasteiger partial charge in [-0.1, -0.05) is 46.5 Å². The highest BCUT2D eigenvalue weighted by molar-refractivity contribution is 6.42. The number of ketones is 1. The van der Waals surface area contributed by atoms with Crippen LogP contribution in [0, 0.1) is 13.8 Å². The second-order valence-electron chi connectivity index (χ2n) is 12.0. The molecule has 0 radical (unpaired) electrons. The van der Waals surface area contributed by atoms with Crippen LogP contribution in [0.1, 0.15) is 60.7 Å². The molecule has 2 amide bonds. The quantitative estimate of drug-likeness (QED) is 0.447. The molecule has 1 unspecified atom stereocenters. The van der Waals surface area contributed by atoms with Gasteiger partial charge in [0, 0.05) is 44.3 Å². The fourth-order valence-electron chi connectivity index (χ4n) is 5.69. The van der Waals surface area contributed by atoms with Crippen molar-refractivity contribution in [3.63, 3.8) is 0 Å². The molecule has 4 rings (SSSR count). The van der Waals surface area contributed by atoms with Crippen molar-refractivity contribution in [3.05, 3.63) is 68.7 Å². The highest BCUT2D eigenvalue weighted by Gasteiger charge is 2.49. The van der Waals surface area contributed by atoms with Crippen molar-refractivity contribution >= 4 is 41.0 Å². The number of ether oxygens (including phenoxy) is 1. The summed E-state index contributed by atoms with van der Waals surface area (Å²) in [5.41, 5.74) is 1.25. The zero-order chi connectivity index (χ0) is 29.9. The Kier molecular flexibility index (Phi) is 9.69. The molecule has 2 aromatic rings. The first kappa shape index (κ1) is 31.3. The van der Waals surface area contributed by atoms with Crippen LogP contribution in [-0.2, 0) is 15.1 Å². The van der Waals surface area contributed by atoms with Crippen LogP contribution in [0.3, 0.4) is 0 Å². The summed E-state index contributed by atoms with van der Waals surface area (Å²) in [7, 11) is 0. The lowest BCUT2D eigenvalue weighted by Gasteiger charge is -2.47. The number of likely N-dealkylation sites (tertiary alicyclic amines) is 1. The van der Waals surface area contributed by atoms with Crippen LogP contribution in [0.5, 0.6) is 0 Å². The number of nitrogens with zero attached hydrogens (tertiary/aromatic N) is 2. The second-order valence-corrected chi connectivity index (χ2v) is 12.9. The first-order valence-corrected chi connectivity index (χ1v) is 14.9. The van der Waals surface area contributed by atoms with Gasteiger partial charge < -0.3 is 25.2 Å². The Morgan fingerprint density at radius 1 is 1.00 bits per heavy atom. The summed E-state index contributed by atoms with van der Waals surface area (Å²) < 4.78 is 5.49. The topological polar surface area (TPSA) is 91.0 Å². The van der Waals surface area contributed by atoms with Crippen LogP contribution in [0.25, 0.3) is 0 Å². The Morgan fingerprint density at radius 3 is 2.27 bits per heavy atom. The lowest BCUT2D eigenvalue weighted by atomic mass is 9.78. The number of nitrogens with one attached hydrogen (secondary N) is 2. The number of piperazine rings is 1. The zero-order valence-corrected chi connectivity index (χ0v) is 26.0. The van der Waals surface area contributed by atoms with E-state index in [4.69, 9.17) is 27.9 Å². The van der Waals surface area contributed by atoms with Crippen molar-refractivity contribution in [3.8, 4) is 0 Å². The number of Topliss-reactive ketones (excluding diaryl/α,β-unsaturated/α-hetero) is 1. The summed E-state index contributed by atoms with van der Waals surface area (Å²) in [5.74, 6) is -0.348. The first-order valence-electron chi connectivity index (χ1n) is 14.1. The van der Waals surface area contributed by atoms with Gasteiger partial charge in [-0.3, -0.25) is 9.59 Å². The molecule has 2 N–H and O–H groups in total. The summed E-state index contributed by atoms with van der Waals surface area (Å²) in [6, 6.07) is 11.0. The van der Waals surface area contributed by atoms with Crippen molar-refractivity contribution < 1.29 is 19.1 Å². The van der Waals surface area contributed by atoms with E-state index >= 15 is 0 Å². The molecule has 1 atom stereocenters. The van der Waals surface area contributed by atoms with Gasteiger partial charge in [0.15, 0.2) is 5.78 Å². The maximum Gasteiger partial charge on any atom is 0.410 e. The number of benzene rings is 2. The van der Waals surface area contributed by atoms with Crippen LogP contribution < -0.4 is 10.6 Å². The number of aryl methyl sites for hydroxylation is 2. The molecule has 0 saturated carbocycles. The third-order valence-electron chi connectivity index (χ3n) is 7.60. The van der Waals surface area contributed by atoms with E-state index in [1.807, 2.05) is 52.8 Å². The predicted molar refractivity (Wildman–Crippen MR) is 162 cm³/mol. The number of hydrogen-bond donors (Lipinski definition) is 2. The molecule has 2 aliphatic heterocycles. The molecule has 0 aliphatic carbocycles. The Morgan fingerprint density at radius 2 is 1.66 bits per heavy atom. The van der Waals surface area contributed by atoms with Gasteiger partial charge in [0.2, 0.25) is 5.91 Å². The van der Waals surface area contributed by atoms with Gasteiger partial charge in [0.25, 0.3) is 0 Å². The van der Waals surface area contributed by atoms with Crippen LogP contribution in [-0.4, -0.2) is 78.5 Å². The van der Waals surface area contributed by atoms with E-state index in [2.05, 4.69) is 10.6 Å². The van der Waals surface area contributed by atoms with Crippen molar-refractivity contribution in [1.29, 1.82) is 0 Å². The number of amides is 2. The molecule has 0 aromatic heterocycles. The molecular weight excluding hydrogens is 563 g/mol. The highest BCUT2D eigenvalue weighted by atomic mass is 35.5. The second kappa shape index (κ2) is 12.7. The molecular formula is C31H40Cl2N4O4. The molecule has 0 bridgehead atoms. The highest BCUT2D eigenvalue weighted by Crippen LogP contribution is 2.37. The van der Waals surface area contributed by atoms with Crippen LogP contribution in [0.15, 0.2) is 36.4 Å². The number of carbonyl (C=O) groups excluding carboxylic acids is 3. The van der Waals surface area contributed by atoms with E-state index < -0.39 is 11.1 Å². The fourth-order valence-corrected chi connectivity index (χ4v) is 5.99. The minimum Gasteiger partial charge on any atom is -0.444 e. The molecule has 2 aromatic carbocycles. The summed E-state index contributed by atoms with van der Waals surface area (Å²) in [4.78, 5) is 44.2. The molecule has 8 nitrogen and oxygen atoms in total. The van der Waals surface area contributed by atoms with E-state index in [9.17, 15) is 14.4 Å². The number of hydrogen-bond acceptors (Lipinski definition) is 6. The minimum absolute atomic E-state index is 0.0649. The van der Waals surface area contributed by atoms with Crippen LogP contribution in [0.4, 0.5) is 4.79 Å². The third-order valence-corrected chi connectivity index (χ3v) is 8.34. The average Bonchev–Trinajstić information content (AvgIpc) is 2.91. The average molecular weight is 604 g/mol. The van der Waals surface area contributed by atoms with Gasteiger partial charge in [0.05, 0.1) is 16.6 Å². The number of piperidine rings is 1. The summed E-state index contributed by atoms with van der Waals surface area (Å²) in [6.45, 7) is 11.8. The molecule has 10 heteroatoms. The van der Waals surface area contributed by atoms with Gasteiger partial charge >= 0.3 is 6.09 Å². The third kappa shape index (κ3) is 7.23. The smallest absolute Gasteiger partial charge is 0.410 e. The Bertz CT molecular complexity index is 1280. The summed E-state index contributed by atoms with van der Waals surface area (Å²) in [6.07, 6.45) is 1.09. The molecule has 222 valence electrons. The normalized spacial score (nSPS) is 20.2. The lowest BCUT2D eigenvalue weighted by molar-refractivity contribution is -0.137. The number of rotatable bonds is 6. The SMILES string of the molecule is Cc1cc(C)cc(C(=O)C2(c3ccc(Cl)c(Cl)c3)CNCCN2C(=O)CNC2CCN(C(=O)OC(C)(C)C)CC2)c1. The molecule has 2 fully saturated rings. The maximum absolute atomic E-state index is 14.5. The molecule has 0 spiro atoms. The van der Waals surface area contributed by atoms with Crippen molar-refractivity contribution in [2.24, 2.45) is 0 Å². The number of carbonyl (C=O) groups is 3. The van der Waals surface area contributed by atoms with Crippen molar-refractivity contribution in [2.45, 2.75) is 64.6 Å². The summed E-state index contributed by atoms with van der Waals surface area (Å²) >= 11 is 12.7. The molecule has 2 saturated heterocycles. The zero-order valence-electron chi connectivity index (χ0n) is 24.5. The largest absolute Gasteiger partial charge is 0.444 e. The van der Waals surface area contributed by atoms with E-state index in [1.54, 1.807) is 28.0 Å². The number of halogens is 2. The molecule has 2 aliphatic rings. The monoisotopic (exact) mass is 602 g/mol. The van der Waals surface area contributed by atoms with E-state index in [0.29, 0.717) is 60.2 Å². The van der Waals surface area contributed by atoms with Gasteiger partial charge in [-0.05, 0) is 77.3 Å². The lowest BCUT2D eigenvalue weighted by Crippen LogP contribution is -2.66. The van der Waals surface area contributed by atoms with E-state index in [1.165, 1.54) is 0 Å².